The van der Waals surface area contributed by atoms with Gasteiger partial charge in [0.1, 0.15) is 11.6 Å². The van der Waals surface area contributed by atoms with E-state index in [2.05, 4.69) is 34.9 Å². The van der Waals surface area contributed by atoms with Crippen molar-refractivity contribution >= 4 is 22.9 Å². The Labute approximate surface area is 201 Å². The minimum absolute atomic E-state index is 0.0132. The van der Waals surface area contributed by atoms with E-state index in [0.29, 0.717) is 24.4 Å². The van der Waals surface area contributed by atoms with Crippen molar-refractivity contribution in [2.75, 3.05) is 10.6 Å². The van der Waals surface area contributed by atoms with Crippen molar-refractivity contribution in [3.8, 4) is 0 Å². The summed E-state index contributed by atoms with van der Waals surface area (Å²) in [4.78, 5) is 25.4. The van der Waals surface area contributed by atoms with Crippen LogP contribution in [0.1, 0.15) is 61.7 Å². The summed E-state index contributed by atoms with van der Waals surface area (Å²) in [7, 11) is 0. The van der Waals surface area contributed by atoms with Crippen LogP contribution < -0.4 is 10.6 Å². The second kappa shape index (κ2) is 10.3. The molecule has 3 aromatic rings. The molecule has 174 valence electrons. The van der Waals surface area contributed by atoms with Gasteiger partial charge in [-0.1, -0.05) is 60.7 Å². The summed E-state index contributed by atoms with van der Waals surface area (Å²) >= 11 is 0. The molecule has 2 aliphatic carbocycles. The fraction of sp³-hybridized carbons (Fsp3) is 0.333. The third-order valence-corrected chi connectivity index (χ3v) is 7.36. The lowest BCUT2D eigenvalue weighted by atomic mass is 9.87. The molecule has 2 saturated carbocycles. The molecule has 34 heavy (non-hydrogen) atoms. The molecule has 0 aliphatic heterocycles. The molecule has 2 fully saturated rings. The molecule has 0 heterocycles. The highest BCUT2D eigenvalue weighted by Crippen LogP contribution is 2.39. The second-order valence-electron chi connectivity index (χ2n) is 9.57. The van der Waals surface area contributed by atoms with E-state index in [-0.39, 0.29) is 23.9 Å². The van der Waals surface area contributed by atoms with Gasteiger partial charge in [0.15, 0.2) is 0 Å². The zero-order valence-electron chi connectivity index (χ0n) is 19.5. The molecule has 4 heteroatoms. The average Bonchev–Trinajstić information content (AvgIpc) is 3.50. The van der Waals surface area contributed by atoms with Gasteiger partial charge in [-0.25, -0.2) is 0 Å². The number of carbonyl (C=O) groups excluding carboxylic acids is 2. The highest BCUT2D eigenvalue weighted by molar-refractivity contribution is 5.85. The topological polar surface area (TPSA) is 58.2 Å². The van der Waals surface area contributed by atoms with Gasteiger partial charge in [0.25, 0.3) is 0 Å². The Morgan fingerprint density at radius 3 is 1.26 bits per heavy atom. The van der Waals surface area contributed by atoms with E-state index < -0.39 is 0 Å². The van der Waals surface area contributed by atoms with Crippen molar-refractivity contribution in [2.24, 2.45) is 11.8 Å². The van der Waals surface area contributed by atoms with Gasteiger partial charge in [0, 0.05) is 36.1 Å². The van der Waals surface area contributed by atoms with Crippen molar-refractivity contribution in [2.45, 2.75) is 50.6 Å². The van der Waals surface area contributed by atoms with Gasteiger partial charge in [-0.2, -0.15) is 0 Å². The fourth-order valence-electron chi connectivity index (χ4n) is 5.56. The molecule has 0 amide bonds. The molecular formula is C30H32N2O2. The third-order valence-electron chi connectivity index (χ3n) is 7.36. The predicted octanol–water partition coefficient (Wildman–Crippen LogP) is 6.73. The Kier molecular flexibility index (Phi) is 6.75. The van der Waals surface area contributed by atoms with E-state index >= 15 is 0 Å². The summed E-state index contributed by atoms with van der Waals surface area (Å²) in [6.07, 6.45) is 5.09. The quantitative estimate of drug-likeness (QED) is 0.398. The first-order valence-corrected chi connectivity index (χ1v) is 12.5. The molecule has 0 spiro atoms. The van der Waals surface area contributed by atoms with E-state index in [9.17, 15) is 9.59 Å². The van der Waals surface area contributed by atoms with Gasteiger partial charge < -0.3 is 10.6 Å². The second-order valence-corrected chi connectivity index (χ2v) is 9.57. The Morgan fingerprint density at radius 1 is 0.559 bits per heavy atom. The molecule has 5 rings (SSSR count). The number of Topliss-reactive ketones (excluding diaryl/α,β-unsaturated/α-hetero) is 2. The van der Waals surface area contributed by atoms with Gasteiger partial charge in [-0.05, 0) is 61.1 Å². The maximum absolute atomic E-state index is 12.7. The number of rotatable bonds is 8. The van der Waals surface area contributed by atoms with Crippen LogP contribution in [0.3, 0.4) is 0 Å². The lowest BCUT2D eigenvalue weighted by Gasteiger charge is -2.28. The molecule has 2 aliphatic rings. The zero-order chi connectivity index (χ0) is 23.3. The molecule has 0 saturated heterocycles. The van der Waals surface area contributed by atoms with Crippen LogP contribution in [0, 0.1) is 11.8 Å². The fourth-order valence-corrected chi connectivity index (χ4v) is 5.56. The summed E-state index contributed by atoms with van der Waals surface area (Å²) in [5.41, 5.74) is 4.28. The van der Waals surface area contributed by atoms with E-state index in [1.54, 1.807) is 0 Å². The van der Waals surface area contributed by atoms with Crippen LogP contribution >= 0.6 is 0 Å². The molecule has 2 N–H and O–H groups in total. The van der Waals surface area contributed by atoms with E-state index in [1.165, 1.54) is 0 Å². The first-order valence-electron chi connectivity index (χ1n) is 12.5. The Hall–Kier alpha value is -3.40. The summed E-state index contributed by atoms with van der Waals surface area (Å²) in [5, 5.41) is 7.26. The minimum atomic E-state index is -0.0555. The van der Waals surface area contributed by atoms with Crippen molar-refractivity contribution in [1.82, 2.24) is 0 Å². The number of carbonyl (C=O) groups is 2. The zero-order valence-corrected chi connectivity index (χ0v) is 19.5. The average molecular weight is 453 g/mol. The molecule has 4 unspecified atom stereocenters. The summed E-state index contributed by atoms with van der Waals surface area (Å²) in [6.45, 7) is 0. The lowest BCUT2D eigenvalue weighted by Crippen LogP contribution is -2.25. The van der Waals surface area contributed by atoms with Crippen molar-refractivity contribution < 1.29 is 9.59 Å². The minimum Gasteiger partial charge on any atom is -0.378 e. The van der Waals surface area contributed by atoms with E-state index in [4.69, 9.17) is 0 Å². The van der Waals surface area contributed by atoms with Crippen LogP contribution in [0.5, 0.6) is 0 Å². The Balaban J connectivity index is 1.43. The molecule has 0 bridgehead atoms. The lowest BCUT2D eigenvalue weighted by molar-refractivity contribution is -0.121. The highest BCUT2D eigenvalue weighted by atomic mass is 16.1. The Morgan fingerprint density at radius 2 is 0.941 bits per heavy atom. The SMILES string of the molecule is O=C1CCCC1C(Nc1ccccc1)c1ccc(C(Nc2ccccc2)C2CCCC2=O)cc1. The number of hydrogen-bond donors (Lipinski definition) is 2. The number of nitrogens with one attached hydrogen (secondary N) is 2. The van der Waals surface area contributed by atoms with Crippen LogP contribution in [0.25, 0.3) is 0 Å². The number of benzene rings is 3. The van der Waals surface area contributed by atoms with Crippen LogP contribution in [0.15, 0.2) is 84.9 Å². The summed E-state index contributed by atoms with van der Waals surface area (Å²) in [5.74, 6) is 0.664. The molecule has 0 radical (unpaired) electrons. The first-order chi connectivity index (χ1) is 16.7. The normalized spacial score (nSPS) is 21.9. The highest BCUT2D eigenvalue weighted by Gasteiger charge is 2.35. The van der Waals surface area contributed by atoms with Gasteiger partial charge in [0.05, 0.1) is 12.1 Å². The van der Waals surface area contributed by atoms with Crippen LogP contribution in [0.2, 0.25) is 0 Å². The smallest absolute Gasteiger partial charge is 0.138 e. The largest absolute Gasteiger partial charge is 0.378 e. The van der Waals surface area contributed by atoms with Gasteiger partial charge in [-0.3, -0.25) is 9.59 Å². The van der Waals surface area contributed by atoms with E-state index in [0.717, 1.165) is 48.2 Å². The molecule has 4 atom stereocenters. The van der Waals surface area contributed by atoms with Gasteiger partial charge in [-0.15, -0.1) is 0 Å². The van der Waals surface area contributed by atoms with Gasteiger partial charge in [0.2, 0.25) is 0 Å². The summed E-state index contributed by atoms with van der Waals surface area (Å²) < 4.78 is 0. The third kappa shape index (κ3) is 4.91. The van der Waals surface area contributed by atoms with Crippen molar-refractivity contribution in [3.63, 3.8) is 0 Å². The maximum Gasteiger partial charge on any atom is 0.138 e. The predicted molar refractivity (Wildman–Crippen MR) is 137 cm³/mol. The van der Waals surface area contributed by atoms with Crippen LogP contribution in [-0.4, -0.2) is 11.6 Å². The molecular weight excluding hydrogens is 420 g/mol. The summed E-state index contributed by atoms with van der Waals surface area (Å²) in [6, 6.07) is 28.7. The number of ketones is 2. The number of anilines is 2. The molecule has 4 nitrogen and oxygen atoms in total. The van der Waals surface area contributed by atoms with Crippen LogP contribution in [0.4, 0.5) is 11.4 Å². The maximum atomic E-state index is 12.7. The number of hydrogen-bond acceptors (Lipinski definition) is 4. The van der Waals surface area contributed by atoms with Gasteiger partial charge >= 0.3 is 0 Å². The monoisotopic (exact) mass is 452 g/mol. The number of para-hydroxylation sites is 2. The molecule has 0 aromatic heterocycles. The van der Waals surface area contributed by atoms with Crippen LogP contribution in [-0.2, 0) is 9.59 Å². The Bertz CT molecular complexity index is 1020. The standard InChI is InChI=1S/C30H32N2O2/c33-27-15-7-13-25(27)29(31-23-9-3-1-4-10-23)21-17-19-22(20-18-21)30(26-14-8-16-28(26)34)32-24-11-5-2-6-12-24/h1-6,9-12,17-20,25-26,29-32H,7-8,13-16H2. The van der Waals surface area contributed by atoms with Crippen molar-refractivity contribution in [3.05, 3.63) is 96.1 Å². The first kappa shape index (κ1) is 22.4. The molecule has 3 aromatic carbocycles. The van der Waals surface area contributed by atoms with Crippen molar-refractivity contribution in [1.29, 1.82) is 0 Å². The van der Waals surface area contributed by atoms with E-state index in [1.807, 2.05) is 60.7 Å².